The van der Waals surface area contributed by atoms with Gasteiger partial charge in [0.25, 0.3) is 0 Å². The second-order valence-electron chi connectivity index (χ2n) is 7.92. The molecule has 0 spiro atoms. The van der Waals surface area contributed by atoms with Gasteiger partial charge in [0, 0.05) is 17.5 Å². The molecule has 1 unspecified atom stereocenters. The lowest BCUT2D eigenvalue weighted by molar-refractivity contribution is 0.310. The van der Waals surface area contributed by atoms with Crippen molar-refractivity contribution in [3.05, 3.63) is 119 Å². The van der Waals surface area contributed by atoms with Crippen LogP contribution in [-0.4, -0.2) is 18.1 Å². The minimum Gasteiger partial charge on any atom is -0.247 e. The largest absolute Gasteiger partial charge is 0.247 e. The molecule has 32 heavy (non-hydrogen) atoms. The fourth-order valence-corrected chi connectivity index (χ4v) is 3.54. The van der Waals surface area contributed by atoms with Gasteiger partial charge < -0.3 is 0 Å². The first-order valence-electron chi connectivity index (χ1n) is 11.3. The molecule has 3 rings (SSSR count). The smallest absolute Gasteiger partial charge is 0.104 e. The molecular formula is C29H31FN2. The second kappa shape index (κ2) is 12.5. The number of rotatable bonds is 11. The second-order valence-corrected chi connectivity index (χ2v) is 7.92. The van der Waals surface area contributed by atoms with Crippen LogP contribution in [0.4, 0.5) is 4.39 Å². The van der Waals surface area contributed by atoms with Gasteiger partial charge in [-0.15, -0.1) is 11.7 Å². The van der Waals surface area contributed by atoms with Gasteiger partial charge in [0.2, 0.25) is 0 Å². The van der Waals surface area contributed by atoms with Gasteiger partial charge in [-0.1, -0.05) is 98.3 Å². The van der Waals surface area contributed by atoms with Crippen LogP contribution in [0.2, 0.25) is 0 Å². The monoisotopic (exact) mass is 426 g/mol. The van der Waals surface area contributed by atoms with E-state index < -0.39 is 6.17 Å². The van der Waals surface area contributed by atoms with Crippen molar-refractivity contribution in [2.45, 2.75) is 45.2 Å². The van der Waals surface area contributed by atoms with Crippen LogP contribution in [0.25, 0.3) is 0 Å². The topological polar surface area (TPSA) is 24.7 Å². The van der Waals surface area contributed by atoms with Crippen molar-refractivity contribution in [3.63, 3.8) is 0 Å². The maximum Gasteiger partial charge on any atom is 0.104 e. The molecule has 0 N–H and O–H groups in total. The fourth-order valence-electron chi connectivity index (χ4n) is 3.54. The van der Waals surface area contributed by atoms with Crippen LogP contribution in [0.5, 0.6) is 0 Å². The number of hydrogen-bond donors (Lipinski definition) is 0. The maximum atomic E-state index is 14.0. The lowest BCUT2D eigenvalue weighted by Crippen LogP contribution is -2.06. The van der Waals surface area contributed by atoms with Crippen molar-refractivity contribution in [3.8, 4) is 0 Å². The third-order valence-electron chi connectivity index (χ3n) is 5.32. The zero-order valence-electron chi connectivity index (χ0n) is 18.8. The Hall–Kier alpha value is -3.33. The van der Waals surface area contributed by atoms with Gasteiger partial charge in [-0.2, -0.15) is 5.10 Å². The van der Waals surface area contributed by atoms with E-state index in [4.69, 9.17) is 0 Å². The van der Waals surface area contributed by atoms with E-state index in [1.54, 1.807) is 6.21 Å². The Balaban J connectivity index is 1.79. The van der Waals surface area contributed by atoms with Crippen LogP contribution in [0.15, 0.2) is 102 Å². The van der Waals surface area contributed by atoms with Crippen LogP contribution >= 0.6 is 0 Å². The van der Waals surface area contributed by atoms with E-state index in [9.17, 15) is 4.39 Å². The summed E-state index contributed by atoms with van der Waals surface area (Å²) in [6.07, 6.45) is 6.79. The number of allylic oxidation sites excluding steroid dienone is 1. The Bertz CT molecular complexity index is 1020. The van der Waals surface area contributed by atoms with E-state index in [-0.39, 0.29) is 0 Å². The number of benzene rings is 3. The molecule has 0 amide bonds. The highest BCUT2D eigenvalue weighted by Gasteiger charge is 2.10. The van der Waals surface area contributed by atoms with Gasteiger partial charge in [-0.3, -0.25) is 0 Å². The zero-order chi connectivity index (χ0) is 22.6. The van der Waals surface area contributed by atoms with Gasteiger partial charge in [-0.05, 0) is 36.0 Å². The average molecular weight is 427 g/mol. The van der Waals surface area contributed by atoms with Crippen LogP contribution in [0.1, 0.15) is 54.0 Å². The van der Waals surface area contributed by atoms with E-state index >= 15 is 0 Å². The third kappa shape index (κ3) is 7.12. The van der Waals surface area contributed by atoms with Crippen molar-refractivity contribution in [2.75, 3.05) is 0 Å². The molecule has 164 valence electrons. The van der Waals surface area contributed by atoms with E-state index in [2.05, 4.69) is 41.0 Å². The molecule has 3 heteroatoms. The summed E-state index contributed by atoms with van der Waals surface area (Å²) < 4.78 is 14.0. The SMILES string of the molecule is C=CCCc1ccc(C=NN=C(c2ccccc2)c2ccc(CC(F)CCC)cc2)cc1. The highest BCUT2D eigenvalue weighted by molar-refractivity contribution is 6.13. The number of halogens is 1. The highest BCUT2D eigenvalue weighted by atomic mass is 19.1. The minimum atomic E-state index is -0.791. The Morgan fingerprint density at radius 1 is 0.906 bits per heavy atom. The Labute approximate surface area is 191 Å². The van der Waals surface area contributed by atoms with E-state index in [1.807, 2.05) is 67.6 Å². The molecule has 0 aliphatic carbocycles. The standard InChI is InChI=1S/C29H31FN2/c1-3-5-10-23-13-15-25(16-14-23)22-31-32-29(26-11-7-6-8-12-26)27-19-17-24(18-20-27)21-28(30)9-4-2/h3,6-8,11-20,22,28H,1,4-5,9-10,21H2,2H3. The molecule has 0 bridgehead atoms. The number of aryl methyl sites for hydroxylation is 1. The normalized spacial score (nSPS) is 12.8. The van der Waals surface area contributed by atoms with E-state index in [0.29, 0.717) is 12.8 Å². The van der Waals surface area contributed by atoms with Crippen LogP contribution < -0.4 is 0 Å². The van der Waals surface area contributed by atoms with Crippen molar-refractivity contribution in [1.82, 2.24) is 0 Å². The number of alkyl halides is 1. The van der Waals surface area contributed by atoms with Gasteiger partial charge in [0.1, 0.15) is 11.9 Å². The molecule has 3 aromatic carbocycles. The molecule has 0 saturated heterocycles. The molecule has 0 fully saturated rings. The molecule has 0 aliphatic rings. The summed E-state index contributed by atoms with van der Waals surface area (Å²) in [6, 6.07) is 26.3. The molecule has 0 saturated carbocycles. The Kier molecular flexibility index (Phi) is 9.12. The number of nitrogens with zero attached hydrogens (tertiary/aromatic N) is 2. The summed E-state index contributed by atoms with van der Waals surface area (Å²) in [5.74, 6) is 0. The molecule has 0 heterocycles. The average Bonchev–Trinajstić information content (AvgIpc) is 2.83. The van der Waals surface area contributed by atoms with Crippen molar-refractivity contribution in [2.24, 2.45) is 10.2 Å². The molecule has 3 aromatic rings. The van der Waals surface area contributed by atoms with Gasteiger partial charge >= 0.3 is 0 Å². The van der Waals surface area contributed by atoms with Gasteiger partial charge in [0.05, 0.1) is 6.21 Å². The predicted octanol–water partition coefficient (Wildman–Crippen LogP) is 7.36. The first kappa shape index (κ1) is 23.3. The lowest BCUT2D eigenvalue weighted by Gasteiger charge is -2.09. The van der Waals surface area contributed by atoms with Crippen LogP contribution in [0.3, 0.4) is 0 Å². The molecule has 0 radical (unpaired) electrons. The first-order chi connectivity index (χ1) is 15.7. The first-order valence-corrected chi connectivity index (χ1v) is 11.3. The van der Waals surface area contributed by atoms with E-state index in [0.717, 1.165) is 47.2 Å². The third-order valence-corrected chi connectivity index (χ3v) is 5.32. The maximum absolute atomic E-state index is 14.0. The van der Waals surface area contributed by atoms with Gasteiger partial charge in [-0.25, -0.2) is 4.39 Å². The number of hydrogen-bond acceptors (Lipinski definition) is 2. The summed E-state index contributed by atoms with van der Waals surface area (Å²) in [5, 5.41) is 8.92. The Morgan fingerprint density at radius 3 is 2.22 bits per heavy atom. The van der Waals surface area contributed by atoms with Crippen molar-refractivity contribution >= 4 is 11.9 Å². The molecular weight excluding hydrogens is 395 g/mol. The summed E-state index contributed by atoms with van der Waals surface area (Å²) in [6.45, 7) is 5.78. The minimum absolute atomic E-state index is 0.451. The molecule has 0 aliphatic heterocycles. The van der Waals surface area contributed by atoms with E-state index in [1.165, 1.54) is 5.56 Å². The fraction of sp³-hybridized carbons (Fsp3) is 0.241. The highest BCUT2D eigenvalue weighted by Crippen LogP contribution is 2.16. The van der Waals surface area contributed by atoms with Gasteiger partial charge in [0.15, 0.2) is 0 Å². The van der Waals surface area contributed by atoms with Crippen LogP contribution in [-0.2, 0) is 12.8 Å². The zero-order valence-corrected chi connectivity index (χ0v) is 18.8. The summed E-state index contributed by atoms with van der Waals surface area (Å²) in [4.78, 5) is 0. The summed E-state index contributed by atoms with van der Waals surface area (Å²) >= 11 is 0. The quantitative estimate of drug-likeness (QED) is 0.174. The molecule has 0 aromatic heterocycles. The van der Waals surface area contributed by atoms with Crippen molar-refractivity contribution < 1.29 is 4.39 Å². The summed E-state index contributed by atoms with van der Waals surface area (Å²) in [5.41, 5.74) is 6.03. The lowest BCUT2D eigenvalue weighted by atomic mass is 9.99. The molecule has 1 atom stereocenters. The molecule has 2 nitrogen and oxygen atoms in total. The van der Waals surface area contributed by atoms with Crippen LogP contribution in [0, 0.1) is 0 Å². The Morgan fingerprint density at radius 2 is 1.56 bits per heavy atom. The van der Waals surface area contributed by atoms with Crippen molar-refractivity contribution in [1.29, 1.82) is 0 Å². The summed E-state index contributed by atoms with van der Waals surface area (Å²) in [7, 11) is 0. The predicted molar refractivity (Wildman–Crippen MR) is 135 cm³/mol.